The molecule has 2 saturated heterocycles. The van der Waals surface area contributed by atoms with Crippen molar-refractivity contribution in [1.82, 2.24) is 20.2 Å². The number of amides is 2. The van der Waals surface area contributed by atoms with Crippen molar-refractivity contribution >= 4 is 45.8 Å². The third kappa shape index (κ3) is 7.95. The van der Waals surface area contributed by atoms with E-state index in [9.17, 15) is 19.2 Å². The summed E-state index contributed by atoms with van der Waals surface area (Å²) in [6.45, 7) is 4.36. The van der Waals surface area contributed by atoms with Crippen LogP contribution in [0.2, 0.25) is 0 Å². The van der Waals surface area contributed by atoms with E-state index in [4.69, 9.17) is 4.74 Å². The van der Waals surface area contributed by atoms with Gasteiger partial charge in [-0.2, -0.15) is 0 Å². The molecule has 53 heavy (non-hydrogen) atoms. The second kappa shape index (κ2) is 15.4. The Bertz CT molecular complexity index is 2040. The number of nitrogens with one attached hydrogen (secondary N) is 3. The summed E-state index contributed by atoms with van der Waals surface area (Å²) in [6.07, 6.45) is 6.82. The summed E-state index contributed by atoms with van der Waals surface area (Å²) < 4.78 is 36.0. The molecular formula is C40H44F2N6O5. The number of aromatic amines is 1. The molecule has 2 unspecified atom stereocenters. The molecule has 1 aliphatic carbocycles. The Balaban J connectivity index is 0.859. The molecule has 278 valence electrons. The van der Waals surface area contributed by atoms with Gasteiger partial charge in [-0.3, -0.25) is 24.1 Å². The molecule has 11 nitrogen and oxygen atoms in total. The molecule has 4 heterocycles. The van der Waals surface area contributed by atoms with Crippen molar-refractivity contribution in [3.05, 3.63) is 83.2 Å². The quantitative estimate of drug-likeness (QED) is 0.164. The molecule has 0 bridgehead atoms. The van der Waals surface area contributed by atoms with E-state index in [0.717, 1.165) is 55.2 Å². The number of ketones is 2. The van der Waals surface area contributed by atoms with Crippen LogP contribution in [0, 0.1) is 23.5 Å². The maximum Gasteiger partial charge on any atom is 0.259 e. The summed E-state index contributed by atoms with van der Waals surface area (Å²) >= 11 is 0. The Morgan fingerprint density at radius 1 is 0.943 bits per heavy atom. The second-order valence-electron chi connectivity index (χ2n) is 14.5. The standard InChI is InChI=1S/C40H44F2N6O5/c1-23-36(49)10-9-32(38(23)50)45-39(51)28-7-5-26(19-30(28)41)48-15-11-24(12-16-48)13-17-53-27-6-8-29(31(42)20-27)40(52)46-37-21-33-25(22-43-37)18-34(44-33)35-4-3-14-47(35)2/h5-8,18-24,32,35,44H,3-4,9-17H2,1-2H3,(H,45,51)(H,43,46,52)/t23-,32?,35?/m0/s1. The molecule has 0 radical (unpaired) electrons. The predicted molar refractivity (Wildman–Crippen MR) is 196 cm³/mol. The van der Waals surface area contributed by atoms with Gasteiger partial charge in [-0.05, 0) is 101 Å². The summed E-state index contributed by atoms with van der Waals surface area (Å²) in [7, 11) is 2.11. The van der Waals surface area contributed by atoms with Crippen LogP contribution in [0.4, 0.5) is 20.3 Å². The lowest BCUT2D eigenvalue weighted by molar-refractivity contribution is -0.136. The van der Waals surface area contributed by atoms with Crippen LogP contribution in [0.1, 0.15) is 84.3 Å². The maximum absolute atomic E-state index is 15.1. The zero-order chi connectivity index (χ0) is 37.2. The molecule has 2 aromatic heterocycles. The number of ether oxygens (including phenoxy) is 1. The van der Waals surface area contributed by atoms with Gasteiger partial charge in [0.15, 0.2) is 5.78 Å². The smallest absolute Gasteiger partial charge is 0.259 e. The van der Waals surface area contributed by atoms with E-state index in [1.807, 2.05) is 0 Å². The molecule has 2 aromatic carbocycles. The fourth-order valence-corrected chi connectivity index (χ4v) is 7.75. The summed E-state index contributed by atoms with van der Waals surface area (Å²) in [5.74, 6) is -2.86. The van der Waals surface area contributed by atoms with E-state index >= 15 is 8.78 Å². The number of hydrogen-bond donors (Lipinski definition) is 3. The van der Waals surface area contributed by atoms with Crippen LogP contribution >= 0.6 is 0 Å². The van der Waals surface area contributed by atoms with Crippen molar-refractivity contribution < 1.29 is 32.7 Å². The highest BCUT2D eigenvalue weighted by Crippen LogP contribution is 2.32. The third-order valence-electron chi connectivity index (χ3n) is 11.0. The van der Waals surface area contributed by atoms with Crippen LogP contribution < -0.4 is 20.3 Å². The van der Waals surface area contributed by atoms with Crippen LogP contribution in [0.5, 0.6) is 5.75 Å². The minimum absolute atomic E-state index is 0.108. The Morgan fingerprint density at radius 3 is 2.43 bits per heavy atom. The molecule has 0 spiro atoms. The highest BCUT2D eigenvalue weighted by molar-refractivity contribution is 6.08. The number of piperidine rings is 1. The molecule has 3 fully saturated rings. The van der Waals surface area contributed by atoms with Gasteiger partial charge in [-0.15, -0.1) is 0 Å². The number of anilines is 2. The number of likely N-dealkylation sites (tertiary alicyclic amines) is 1. The number of halogens is 2. The summed E-state index contributed by atoms with van der Waals surface area (Å²) in [6, 6.07) is 12.1. The summed E-state index contributed by atoms with van der Waals surface area (Å²) in [5.41, 5.74) is 2.39. The molecule has 2 aliphatic heterocycles. The zero-order valence-corrected chi connectivity index (χ0v) is 29.9. The normalized spacial score (nSPS) is 21.3. The lowest BCUT2D eigenvalue weighted by Gasteiger charge is -2.33. The van der Waals surface area contributed by atoms with Crippen molar-refractivity contribution in [1.29, 1.82) is 0 Å². The van der Waals surface area contributed by atoms with Crippen molar-refractivity contribution in [3.8, 4) is 5.75 Å². The van der Waals surface area contributed by atoms with E-state index in [1.54, 1.807) is 24.4 Å². The number of fused-ring (bicyclic) bond motifs is 1. The third-order valence-corrected chi connectivity index (χ3v) is 11.0. The van der Waals surface area contributed by atoms with Crippen LogP contribution in [0.25, 0.3) is 10.9 Å². The number of Topliss-reactive ketones (excluding diaryl/α,β-unsaturated/α-hetero) is 2. The zero-order valence-electron chi connectivity index (χ0n) is 29.9. The average Bonchev–Trinajstić information content (AvgIpc) is 3.77. The number of H-pyrrole nitrogens is 1. The fraction of sp³-hybridized carbons (Fsp3) is 0.425. The van der Waals surface area contributed by atoms with Crippen LogP contribution in [-0.4, -0.2) is 77.6 Å². The van der Waals surface area contributed by atoms with E-state index in [2.05, 4.69) is 43.5 Å². The van der Waals surface area contributed by atoms with Gasteiger partial charge in [0.05, 0.1) is 35.2 Å². The number of aromatic nitrogens is 2. The van der Waals surface area contributed by atoms with Gasteiger partial charge in [0.25, 0.3) is 11.8 Å². The number of rotatable bonds is 10. The first-order chi connectivity index (χ1) is 25.5. The van der Waals surface area contributed by atoms with Crippen LogP contribution in [-0.2, 0) is 9.59 Å². The monoisotopic (exact) mass is 726 g/mol. The minimum Gasteiger partial charge on any atom is -0.493 e. The summed E-state index contributed by atoms with van der Waals surface area (Å²) in [4.78, 5) is 62.1. The van der Waals surface area contributed by atoms with Crippen molar-refractivity contribution in [3.63, 3.8) is 0 Å². The molecule has 1 saturated carbocycles. The topological polar surface area (TPSA) is 137 Å². The van der Waals surface area contributed by atoms with E-state index in [0.29, 0.717) is 48.9 Å². The molecular weight excluding hydrogens is 682 g/mol. The number of nitrogens with zero attached hydrogens (tertiary/aromatic N) is 3. The predicted octanol–water partition coefficient (Wildman–Crippen LogP) is 6.21. The minimum atomic E-state index is -0.797. The van der Waals surface area contributed by atoms with Gasteiger partial charge in [0.2, 0.25) is 0 Å². The summed E-state index contributed by atoms with van der Waals surface area (Å²) in [5, 5.41) is 6.25. The fourth-order valence-electron chi connectivity index (χ4n) is 7.75. The number of pyridine rings is 1. The molecule has 3 atom stereocenters. The van der Waals surface area contributed by atoms with E-state index in [1.165, 1.54) is 31.2 Å². The number of carbonyl (C=O) groups is 4. The highest BCUT2D eigenvalue weighted by Gasteiger charge is 2.35. The van der Waals surface area contributed by atoms with Gasteiger partial charge < -0.3 is 25.3 Å². The van der Waals surface area contributed by atoms with Crippen molar-refractivity contribution in [2.45, 2.75) is 64.0 Å². The first-order valence-corrected chi connectivity index (χ1v) is 18.4. The van der Waals surface area contributed by atoms with E-state index < -0.39 is 35.4 Å². The van der Waals surface area contributed by atoms with Crippen molar-refractivity contribution in [2.24, 2.45) is 11.8 Å². The first-order valence-electron chi connectivity index (χ1n) is 18.4. The number of carbonyl (C=O) groups excluding carboxylic acids is 4. The van der Waals surface area contributed by atoms with Crippen LogP contribution in [0.15, 0.2) is 54.7 Å². The van der Waals surface area contributed by atoms with E-state index in [-0.39, 0.29) is 35.5 Å². The Kier molecular flexibility index (Phi) is 10.5. The SMILES string of the molecule is C[C@H]1C(=O)CCC(NC(=O)c2ccc(N3CCC(CCOc4ccc(C(=O)Nc5cc6[nH]c(C7CCCN7C)cc6cn5)c(F)c4)CC3)cc2F)C1=O. The Morgan fingerprint density at radius 2 is 1.70 bits per heavy atom. The number of hydrogen-bond acceptors (Lipinski definition) is 8. The molecule has 7 rings (SSSR count). The van der Waals surface area contributed by atoms with Crippen molar-refractivity contribution in [2.75, 3.05) is 43.5 Å². The number of benzene rings is 2. The van der Waals surface area contributed by atoms with Gasteiger partial charge in [0, 0.05) is 60.6 Å². The lowest BCUT2D eigenvalue weighted by atomic mass is 9.84. The molecule has 4 aromatic rings. The second-order valence-corrected chi connectivity index (χ2v) is 14.5. The Hall–Kier alpha value is -5.17. The largest absolute Gasteiger partial charge is 0.493 e. The van der Waals surface area contributed by atoms with Crippen LogP contribution in [0.3, 0.4) is 0 Å². The lowest BCUT2D eigenvalue weighted by Crippen LogP contribution is -2.48. The van der Waals surface area contributed by atoms with Gasteiger partial charge >= 0.3 is 0 Å². The first kappa shape index (κ1) is 36.2. The molecule has 3 N–H and O–H groups in total. The van der Waals surface area contributed by atoms with Gasteiger partial charge in [-0.1, -0.05) is 0 Å². The molecule has 13 heteroatoms. The molecule has 2 amide bonds. The molecule has 3 aliphatic rings. The van der Waals surface area contributed by atoms with Gasteiger partial charge in [-0.25, -0.2) is 13.8 Å². The Labute approximate surface area is 306 Å². The maximum atomic E-state index is 15.1. The van der Waals surface area contributed by atoms with Gasteiger partial charge in [0.1, 0.15) is 29.0 Å². The highest BCUT2D eigenvalue weighted by atomic mass is 19.1. The average molecular weight is 727 g/mol.